The number of hydrogen-bond acceptors (Lipinski definition) is 5. The van der Waals surface area contributed by atoms with Crippen molar-refractivity contribution < 1.29 is 19.1 Å². The second kappa shape index (κ2) is 10.3. The third kappa shape index (κ3) is 5.33. The number of benzene rings is 2. The molecule has 0 saturated carbocycles. The molecule has 4 rings (SSSR count). The Morgan fingerprint density at radius 1 is 1.22 bits per heavy atom. The minimum atomic E-state index is -0.628. The van der Waals surface area contributed by atoms with Crippen molar-refractivity contribution in [2.24, 2.45) is 0 Å². The van der Waals surface area contributed by atoms with Crippen molar-refractivity contribution in [1.29, 1.82) is 0 Å². The van der Waals surface area contributed by atoms with E-state index in [-0.39, 0.29) is 17.8 Å². The number of anilines is 2. The monoisotopic (exact) mass is 504 g/mol. The van der Waals surface area contributed by atoms with E-state index in [1.807, 2.05) is 25.1 Å². The smallest absolute Gasteiger partial charge is 0.329 e. The summed E-state index contributed by atoms with van der Waals surface area (Å²) < 4.78 is 5.71. The summed E-state index contributed by atoms with van der Waals surface area (Å²) in [5, 5.41) is 5.34. The zero-order chi connectivity index (χ0) is 26.9. The topological polar surface area (TPSA) is 91.0 Å². The molecule has 0 aromatic heterocycles. The molecule has 1 saturated heterocycles. The predicted octanol–water partition coefficient (Wildman–Crippen LogP) is 5.04. The summed E-state index contributed by atoms with van der Waals surface area (Å²) in [6.07, 6.45) is 3.66. The molecule has 4 amide bonds. The van der Waals surface area contributed by atoms with Gasteiger partial charge in [-0.1, -0.05) is 31.5 Å². The highest BCUT2D eigenvalue weighted by Gasteiger charge is 2.38. The lowest BCUT2D eigenvalue weighted by molar-refractivity contribution is -0.127. The predicted molar refractivity (Wildman–Crippen MR) is 146 cm³/mol. The van der Waals surface area contributed by atoms with Crippen LogP contribution in [0, 0.1) is 6.92 Å². The highest BCUT2D eigenvalue weighted by atomic mass is 16.5. The second-order valence-electron chi connectivity index (χ2n) is 10.5. The lowest BCUT2D eigenvalue weighted by atomic mass is 9.79. The molecule has 2 N–H and O–H groups in total. The van der Waals surface area contributed by atoms with Crippen molar-refractivity contribution in [2.75, 3.05) is 30.4 Å². The van der Waals surface area contributed by atoms with Crippen LogP contribution in [0.1, 0.15) is 63.1 Å². The fourth-order valence-electron chi connectivity index (χ4n) is 5.32. The van der Waals surface area contributed by atoms with E-state index in [1.165, 1.54) is 5.56 Å². The van der Waals surface area contributed by atoms with Crippen LogP contribution in [0.5, 0.6) is 5.75 Å². The fraction of sp³-hybridized carbons (Fsp3) is 0.414. The van der Waals surface area contributed by atoms with Gasteiger partial charge in [0.1, 0.15) is 18.0 Å². The maximum atomic E-state index is 13.1. The summed E-state index contributed by atoms with van der Waals surface area (Å²) in [6, 6.07) is 10.8. The quantitative estimate of drug-likeness (QED) is 0.407. The minimum Gasteiger partial charge on any atom is -0.496 e. The molecule has 2 heterocycles. The normalized spacial score (nSPS) is 19.6. The number of amides is 4. The highest BCUT2D eigenvalue weighted by molar-refractivity contribution is 6.16. The third-order valence-corrected chi connectivity index (χ3v) is 7.08. The van der Waals surface area contributed by atoms with E-state index >= 15 is 0 Å². The van der Waals surface area contributed by atoms with Crippen molar-refractivity contribution in [3.63, 3.8) is 0 Å². The van der Waals surface area contributed by atoms with Crippen LogP contribution >= 0.6 is 0 Å². The Hall–Kier alpha value is -3.81. The third-order valence-electron chi connectivity index (χ3n) is 7.08. The van der Waals surface area contributed by atoms with Gasteiger partial charge in [0.05, 0.1) is 7.11 Å². The number of nitrogens with zero attached hydrogens (tertiary/aromatic N) is 2. The molecule has 8 heteroatoms. The van der Waals surface area contributed by atoms with Gasteiger partial charge in [0.15, 0.2) is 0 Å². The number of fused-ring (bicyclic) bond motifs is 1. The van der Waals surface area contributed by atoms with Gasteiger partial charge >= 0.3 is 6.03 Å². The molecule has 0 radical (unpaired) electrons. The van der Waals surface area contributed by atoms with E-state index in [9.17, 15) is 14.4 Å². The summed E-state index contributed by atoms with van der Waals surface area (Å²) >= 11 is 0. The molecule has 1 unspecified atom stereocenters. The first-order chi connectivity index (χ1) is 17.5. The summed E-state index contributed by atoms with van der Waals surface area (Å²) in [7, 11) is 1.60. The zero-order valence-electron chi connectivity index (χ0n) is 22.5. The molecule has 2 aromatic carbocycles. The van der Waals surface area contributed by atoms with Gasteiger partial charge in [0.2, 0.25) is 5.91 Å². The van der Waals surface area contributed by atoms with E-state index < -0.39 is 17.8 Å². The number of nitrogens with one attached hydrogen (secondary N) is 2. The number of methoxy groups -OCH3 is 1. The van der Waals surface area contributed by atoms with E-state index in [0.717, 1.165) is 35.5 Å². The van der Waals surface area contributed by atoms with E-state index in [0.29, 0.717) is 22.9 Å². The number of aryl methyl sites for hydroxylation is 1. The van der Waals surface area contributed by atoms with Crippen LogP contribution in [0.2, 0.25) is 0 Å². The number of ether oxygens (including phenoxy) is 1. The van der Waals surface area contributed by atoms with Crippen molar-refractivity contribution >= 4 is 35.3 Å². The highest BCUT2D eigenvalue weighted by Crippen LogP contribution is 2.46. The standard InChI is InChI=1S/C29H36N4O4/c1-7-12-33-24-15-25(37-6)20(13-22(24)19(3)16-29(33,4)5)14-23-27(35)32(28(36)31-23)17-26(34)30-21-10-8-18(2)9-11-21/h8-11,13-15,19H,7,12,16-17H2,1-6H3,(H,30,34)(H,31,36)/b23-14+. The molecular weight excluding hydrogens is 468 g/mol. The Morgan fingerprint density at radius 3 is 2.57 bits per heavy atom. The van der Waals surface area contributed by atoms with Gasteiger partial charge in [0, 0.05) is 35.1 Å². The molecule has 37 heavy (non-hydrogen) atoms. The number of carbonyl (C=O) groups excluding carboxylic acids is 3. The Labute approximate surface area is 218 Å². The SMILES string of the molecule is CCCN1c2cc(OC)c(/C=C3/NC(=O)N(CC(=O)Nc4ccc(C)cc4)C3=O)cc2C(C)CC1(C)C. The fourth-order valence-corrected chi connectivity index (χ4v) is 5.32. The van der Waals surface area contributed by atoms with Gasteiger partial charge in [-0.3, -0.25) is 9.59 Å². The van der Waals surface area contributed by atoms with Crippen LogP contribution < -0.4 is 20.3 Å². The zero-order valence-corrected chi connectivity index (χ0v) is 22.5. The molecule has 2 aromatic rings. The Balaban J connectivity index is 1.59. The number of urea groups is 1. The molecule has 2 aliphatic rings. The number of imide groups is 1. The van der Waals surface area contributed by atoms with Crippen LogP contribution in [0.3, 0.4) is 0 Å². The maximum Gasteiger partial charge on any atom is 0.329 e. The molecule has 2 aliphatic heterocycles. The Morgan fingerprint density at radius 2 is 1.92 bits per heavy atom. The van der Waals surface area contributed by atoms with Gasteiger partial charge in [-0.2, -0.15) is 0 Å². The van der Waals surface area contributed by atoms with Crippen LogP contribution in [0.25, 0.3) is 6.08 Å². The minimum absolute atomic E-state index is 0.0163. The number of hydrogen-bond donors (Lipinski definition) is 2. The average Bonchev–Trinajstić information content (AvgIpc) is 3.10. The molecule has 8 nitrogen and oxygen atoms in total. The maximum absolute atomic E-state index is 13.1. The van der Waals surface area contributed by atoms with E-state index in [2.05, 4.69) is 49.3 Å². The first-order valence-electron chi connectivity index (χ1n) is 12.7. The van der Waals surface area contributed by atoms with Gasteiger partial charge < -0.3 is 20.3 Å². The van der Waals surface area contributed by atoms with Crippen molar-refractivity contribution in [3.05, 3.63) is 58.8 Å². The first-order valence-corrected chi connectivity index (χ1v) is 12.7. The van der Waals surface area contributed by atoms with E-state index in [1.54, 1.807) is 25.3 Å². The largest absolute Gasteiger partial charge is 0.496 e. The Kier molecular flexibility index (Phi) is 7.30. The van der Waals surface area contributed by atoms with Crippen LogP contribution in [0.4, 0.5) is 16.2 Å². The van der Waals surface area contributed by atoms with Gasteiger partial charge in [0.25, 0.3) is 5.91 Å². The van der Waals surface area contributed by atoms with Gasteiger partial charge in [-0.25, -0.2) is 9.69 Å². The molecule has 0 aliphatic carbocycles. The summed E-state index contributed by atoms with van der Waals surface area (Å²) in [6.45, 7) is 11.4. The number of rotatable bonds is 7. The van der Waals surface area contributed by atoms with Crippen molar-refractivity contribution in [2.45, 2.75) is 58.9 Å². The van der Waals surface area contributed by atoms with Gasteiger partial charge in [-0.15, -0.1) is 0 Å². The van der Waals surface area contributed by atoms with Gasteiger partial charge in [-0.05, 0) is 69.4 Å². The van der Waals surface area contributed by atoms with Crippen LogP contribution in [-0.4, -0.2) is 48.5 Å². The summed E-state index contributed by atoms with van der Waals surface area (Å²) in [5.74, 6) is -0.0649. The molecular formula is C29H36N4O4. The molecule has 0 spiro atoms. The van der Waals surface area contributed by atoms with Crippen LogP contribution in [0.15, 0.2) is 42.1 Å². The second-order valence-corrected chi connectivity index (χ2v) is 10.5. The lowest BCUT2D eigenvalue weighted by Gasteiger charge is -2.47. The van der Waals surface area contributed by atoms with Crippen LogP contribution in [-0.2, 0) is 9.59 Å². The Bertz CT molecular complexity index is 1250. The number of carbonyl (C=O) groups is 3. The summed E-state index contributed by atoms with van der Waals surface area (Å²) in [5.41, 5.74) is 4.83. The van der Waals surface area contributed by atoms with Crippen molar-refractivity contribution in [1.82, 2.24) is 10.2 Å². The molecule has 1 atom stereocenters. The first kappa shape index (κ1) is 26.3. The molecule has 0 bridgehead atoms. The van der Waals surface area contributed by atoms with E-state index in [4.69, 9.17) is 4.74 Å². The molecule has 196 valence electrons. The van der Waals surface area contributed by atoms with Crippen molar-refractivity contribution in [3.8, 4) is 5.75 Å². The summed E-state index contributed by atoms with van der Waals surface area (Å²) in [4.78, 5) is 41.5. The lowest BCUT2D eigenvalue weighted by Crippen LogP contribution is -2.48. The average molecular weight is 505 g/mol. The molecule has 1 fully saturated rings.